The number of benzene rings is 2. The molecule has 0 aromatic heterocycles. The third kappa shape index (κ3) is 4.13. The van der Waals surface area contributed by atoms with Crippen LogP contribution in [0.4, 0.5) is 18.9 Å². The predicted octanol–water partition coefficient (Wildman–Crippen LogP) is 4.67. The molecule has 0 atom stereocenters. The fraction of sp³-hybridized carbons (Fsp3) is 0.333. The molecule has 1 aliphatic rings. The molecule has 1 saturated heterocycles. The van der Waals surface area contributed by atoms with E-state index in [0.717, 1.165) is 37.2 Å². The molecular weight excluding hydrogens is 319 g/mol. The van der Waals surface area contributed by atoms with Crippen LogP contribution < -0.4 is 9.64 Å². The van der Waals surface area contributed by atoms with E-state index < -0.39 is 6.36 Å². The second-order valence-electron chi connectivity index (χ2n) is 5.89. The van der Waals surface area contributed by atoms with Gasteiger partial charge in [-0.1, -0.05) is 12.1 Å². The summed E-state index contributed by atoms with van der Waals surface area (Å²) in [5.41, 5.74) is 2.11. The van der Waals surface area contributed by atoms with Crippen LogP contribution in [-0.2, 0) is 0 Å². The number of hydrogen-bond acceptors (Lipinski definition) is 3. The first-order valence-electron chi connectivity index (χ1n) is 7.80. The number of anilines is 1. The van der Waals surface area contributed by atoms with E-state index in [1.54, 1.807) is 24.3 Å². The van der Waals surface area contributed by atoms with Gasteiger partial charge in [-0.2, -0.15) is 0 Å². The zero-order valence-corrected chi connectivity index (χ0v) is 13.0. The number of aromatic hydroxyl groups is 1. The summed E-state index contributed by atoms with van der Waals surface area (Å²) in [6.07, 6.45) is -2.79. The lowest BCUT2D eigenvalue weighted by Crippen LogP contribution is -2.32. The predicted molar refractivity (Wildman–Crippen MR) is 85.4 cm³/mol. The van der Waals surface area contributed by atoms with Crippen LogP contribution >= 0.6 is 0 Å². The monoisotopic (exact) mass is 337 g/mol. The molecule has 1 fully saturated rings. The topological polar surface area (TPSA) is 32.7 Å². The molecule has 1 N–H and O–H groups in total. The number of phenols is 1. The summed E-state index contributed by atoms with van der Waals surface area (Å²) in [7, 11) is 0. The fourth-order valence-corrected chi connectivity index (χ4v) is 3.08. The van der Waals surface area contributed by atoms with Crippen molar-refractivity contribution in [3.05, 3.63) is 54.1 Å². The molecule has 0 unspecified atom stereocenters. The summed E-state index contributed by atoms with van der Waals surface area (Å²) < 4.78 is 40.4. The second-order valence-corrected chi connectivity index (χ2v) is 5.89. The fourth-order valence-electron chi connectivity index (χ4n) is 3.08. The van der Waals surface area contributed by atoms with Gasteiger partial charge in [0, 0.05) is 18.8 Å². The van der Waals surface area contributed by atoms with Crippen molar-refractivity contribution in [2.75, 3.05) is 18.0 Å². The van der Waals surface area contributed by atoms with Crippen molar-refractivity contribution in [1.29, 1.82) is 0 Å². The van der Waals surface area contributed by atoms with Crippen LogP contribution in [-0.4, -0.2) is 24.6 Å². The summed E-state index contributed by atoms with van der Waals surface area (Å²) in [4.78, 5) is 2.25. The Bertz CT molecular complexity index is 660. The Morgan fingerprint density at radius 3 is 2.04 bits per heavy atom. The highest BCUT2D eigenvalue weighted by molar-refractivity contribution is 5.49. The second kappa shape index (κ2) is 6.63. The number of nitrogens with zero attached hydrogens (tertiary/aromatic N) is 1. The third-order valence-corrected chi connectivity index (χ3v) is 4.29. The Kier molecular flexibility index (Phi) is 4.55. The van der Waals surface area contributed by atoms with Crippen LogP contribution in [0.1, 0.15) is 24.3 Å². The molecule has 128 valence electrons. The van der Waals surface area contributed by atoms with Crippen molar-refractivity contribution < 1.29 is 23.0 Å². The van der Waals surface area contributed by atoms with Crippen LogP contribution in [0, 0.1) is 0 Å². The first-order valence-corrected chi connectivity index (χ1v) is 7.80. The van der Waals surface area contributed by atoms with E-state index in [-0.39, 0.29) is 11.5 Å². The van der Waals surface area contributed by atoms with Gasteiger partial charge in [0.2, 0.25) is 0 Å². The van der Waals surface area contributed by atoms with Gasteiger partial charge in [0.1, 0.15) is 11.5 Å². The SMILES string of the molecule is Oc1ccc(N2CCC(c3ccc(OC(F)(F)F)cc3)CC2)cc1. The number of phenolic OH excluding ortho intramolecular Hbond substituents is 1. The first-order chi connectivity index (χ1) is 11.4. The minimum atomic E-state index is -4.66. The van der Waals surface area contributed by atoms with Crippen LogP contribution in [0.25, 0.3) is 0 Å². The third-order valence-electron chi connectivity index (χ3n) is 4.29. The van der Waals surface area contributed by atoms with Gasteiger partial charge in [-0.25, -0.2) is 0 Å². The van der Waals surface area contributed by atoms with Gasteiger partial charge in [0.25, 0.3) is 0 Å². The molecule has 2 aromatic carbocycles. The molecule has 0 saturated carbocycles. The number of alkyl halides is 3. The van der Waals surface area contributed by atoms with Gasteiger partial charge in [-0.15, -0.1) is 13.2 Å². The van der Waals surface area contributed by atoms with Crippen LogP contribution in [0.2, 0.25) is 0 Å². The number of hydrogen-bond donors (Lipinski definition) is 1. The zero-order chi connectivity index (χ0) is 17.2. The zero-order valence-electron chi connectivity index (χ0n) is 13.0. The molecule has 24 heavy (non-hydrogen) atoms. The van der Waals surface area contributed by atoms with Gasteiger partial charge in [-0.3, -0.25) is 0 Å². The van der Waals surface area contributed by atoms with E-state index in [2.05, 4.69) is 9.64 Å². The lowest BCUT2D eigenvalue weighted by molar-refractivity contribution is -0.274. The van der Waals surface area contributed by atoms with E-state index in [1.165, 1.54) is 12.1 Å². The number of piperidine rings is 1. The lowest BCUT2D eigenvalue weighted by Gasteiger charge is -2.34. The van der Waals surface area contributed by atoms with E-state index >= 15 is 0 Å². The van der Waals surface area contributed by atoms with E-state index in [9.17, 15) is 18.3 Å². The highest BCUT2D eigenvalue weighted by Gasteiger charge is 2.31. The summed E-state index contributed by atoms with van der Waals surface area (Å²) in [6, 6.07) is 13.3. The average molecular weight is 337 g/mol. The molecule has 0 radical (unpaired) electrons. The van der Waals surface area contributed by atoms with E-state index in [1.807, 2.05) is 12.1 Å². The van der Waals surface area contributed by atoms with Crippen molar-refractivity contribution in [3.8, 4) is 11.5 Å². The number of halogens is 3. The molecule has 0 amide bonds. The smallest absolute Gasteiger partial charge is 0.508 e. The van der Waals surface area contributed by atoms with Crippen molar-refractivity contribution in [2.45, 2.75) is 25.1 Å². The lowest BCUT2D eigenvalue weighted by atomic mass is 9.89. The maximum atomic E-state index is 12.2. The van der Waals surface area contributed by atoms with Gasteiger partial charge in [0.15, 0.2) is 0 Å². The van der Waals surface area contributed by atoms with Gasteiger partial charge in [-0.05, 0) is 60.7 Å². The first kappa shape index (κ1) is 16.5. The summed E-state index contributed by atoms with van der Waals surface area (Å²) >= 11 is 0. The summed E-state index contributed by atoms with van der Waals surface area (Å²) in [6.45, 7) is 1.74. The molecule has 0 aliphatic carbocycles. The maximum absolute atomic E-state index is 12.2. The maximum Gasteiger partial charge on any atom is 0.573 e. The molecule has 1 heterocycles. The molecule has 3 rings (SSSR count). The Hall–Kier alpha value is -2.37. The number of ether oxygens (including phenoxy) is 1. The average Bonchev–Trinajstić information content (AvgIpc) is 2.55. The Morgan fingerprint density at radius 1 is 0.917 bits per heavy atom. The standard InChI is InChI=1S/C18H18F3NO2/c19-18(20,21)24-17-7-1-13(2-8-17)14-9-11-22(12-10-14)15-3-5-16(23)6-4-15/h1-8,14,23H,9-12H2. The Labute approximate surface area is 138 Å². The normalized spacial score (nSPS) is 16.2. The van der Waals surface area contributed by atoms with Crippen LogP contribution in [0.5, 0.6) is 11.5 Å². The van der Waals surface area contributed by atoms with Crippen LogP contribution in [0.15, 0.2) is 48.5 Å². The molecule has 0 bridgehead atoms. The van der Waals surface area contributed by atoms with Gasteiger partial charge in [0.05, 0.1) is 0 Å². The van der Waals surface area contributed by atoms with E-state index in [0.29, 0.717) is 5.92 Å². The largest absolute Gasteiger partial charge is 0.573 e. The summed E-state index contributed by atoms with van der Waals surface area (Å²) in [5.74, 6) is 0.390. The van der Waals surface area contributed by atoms with E-state index in [4.69, 9.17) is 0 Å². The highest BCUT2D eigenvalue weighted by Crippen LogP contribution is 2.32. The highest BCUT2D eigenvalue weighted by atomic mass is 19.4. The van der Waals surface area contributed by atoms with Crippen molar-refractivity contribution in [2.24, 2.45) is 0 Å². The minimum Gasteiger partial charge on any atom is -0.508 e. The van der Waals surface area contributed by atoms with Gasteiger partial charge < -0.3 is 14.7 Å². The quantitative estimate of drug-likeness (QED) is 0.883. The summed E-state index contributed by atoms with van der Waals surface area (Å²) in [5, 5.41) is 9.34. The number of rotatable bonds is 3. The van der Waals surface area contributed by atoms with Crippen molar-refractivity contribution in [3.63, 3.8) is 0 Å². The van der Waals surface area contributed by atoms with Crippen molar-refractivity contribution >= 4 is 5.69 Å². The molecule has 2 aromatic rings. The molecule has 1 aliphatic heterocycles. The Balaban J connectivity index is 1.59. The molecule has 0 spiro atoms. The molecule has 3 nitrogen and oxygen atoms in total. The van der Waals surface area contributed by atoms with Crippen molar-refractivity contribution in [1.82, 2.24) is 0 Å². The van der Waals surface area contributed by atoms with Gasteiger partial charge >= 0.3 is 6.36 Å². The van der Waals surface area contributed by atoms with Crippen LogP contribution in [0.3, 0.4) is 0 Å². The Morgan fingerprint density at radius 2 is 1.50 bits per heavy atom. The molecule has 6 heteroatoms. The minimum absolute atomic E-state index is 0.187. The molecular formula is C18H18F3NO2.